The van der Waals surface area contributed by atoms with E-state index in [4.69, 9.17) is 9.72 Å². The molecule has 1 aromatic carbocycles. The Morgan fingerprint density at radius 3 is 3.10 bits per heavy atom. The molecule has 0 saturated heterocycles. The van der Waals surface area contributed by atoms with E-state index in [9.17, 15) is 0 Å². The molecule has 0 radical (unpaired) electrons. The fourth-order valence-corrected chi connectivity index (χ4v) is 4.12. The molecule has 1 N–H and O–H groups in total. The fraction of sp³-hybridized carbons (Fsp3) is 0.438. The highest BCUT2D eigenvalue weighted by Crippen LogP contribution is 2.43. The normalized spacial score (nSPS) is 19.3. The van der Waals surface area contributed by atoms with Crippen molar-refractivity contribution in [2.75, 3.05) is 6.54 Å². The molecule has 0 amide bonds. The highest BCUT2D eigenvalue weighted by molar-refractivity contribution is 7.15. The quantitative estimate of drug-likeness (QED) is 0.874. The molecule has 1 aromatic heterocycles. The molecule has 4 rings (SSSR count). The third kappa shape index (κ3) is 1.95. The first kappa shape index (κ1) is 12.4. The molecule has 3 heterocycles. The second-order valence-electron chi connectivity index (χ2n) is 6.15. The van der Waals surface area contributed by atoms with Crippen molar-refractivity contribution in [3.8, 4) is 16.3 Å². The fourth-order valence-electron chi connectivity index (χ4n) is 3.02. The molecule has 0 unspecified atom stereocenters. The first-order valence-electron chi connectivity index (χ1n) is 7.13. The van der Waals surface area contributed by atoms with E-state index in [0.29, 0.717) is 0 Å². The van der Waals surface area contributed by atoms with E-state index in [1.54, 1.807) is 11.3 Å². The van der Waals surface area contributed by atoms with Crippen molar-refractivity contribution in [3.63, 3.8) is 0 Å². The predicted molar refractivity (Wildman–Crippen MR) is 81.4 cm³/mol. The van der Waals surface area contributed by atoms with Gasteiger partial charge in [0.1, 0.15) is 16.4 Å². The topological polar surface area (TPSA) is 34.2 Å². The summed E-state index contributed by atoms with van der Waals surface area (Å²) >= 11 is 1.80. The number of nitrogens with one attached hydrogen (secondary N) is 1. The third-order valence-corrected chi connectivity index (χ3v) is 5.05. The average molecular weight is 286 g/mol. The highest BCUT2D eigenvalue weighted by Gasteiger charge is 2.32. The molecule has 0 atom stereocenters. The maximum Gasteiger partial charge on any atom is 0.133 e. The lowest BCUT2D eigenvalue weighted by molar-refractivity contribution is 0.139. The Bertz CT molecular complexity index is 652. The number of aromatic nitrogens is 1. The lowest BCUT2D eigenvalue weighted by Crippen LogP contribution is -2.24. The zero-order valence-electron chi connectivity index (χ0n) is 11.8. The monoisotopic (exact) mass is 286 g/mol. The third-order valence-electron chi connectivity index (χ3n) is 3.92. The van der Waals surface area contributed by atoms with Gasteiger partial charge in [-0.1, -0.05) is 12.1 Å². The standard InChI is InChI=1S/C16H18N2OS/c1-16(2)8-10-4-3-5-11(14(10)19-16)15-18-12-6-7-17-9-13(12)20-15/h3-5,17H,6-9H2,1-2H3. The Morgan fingerprint density at radius 1 is 1.35 bits per heavy atom. The van der Waals surface area contributed by atoms with Crippen molar-refractivity contribution < 1.29 is 4.74 Å². The van der Waals surface area contributed by atoms with Crippen molar-refractivity contribution in [3.05, 3.63) is 34.3 Å². The van der Waals surface area contributed by atoms with Crippen molar-refractivity contribution in [2.45, 2.75) is 38.8 Å². The summed E-state index contributed by atoms with van der Waals surface area (Å²) in [5.74, 6) is 1.04. The van der Waals surface area contributed by atoms with Gasteiger partial charge in [-0.05, 0) is 25.5 Å². The summed E-state index contributed by atoms with van der Waals surface area (Å²) in [5.41, 5.74) is 3.63. The first-order chi connectivity index (χ1) is 9.62. The van der Waals surface area contributed by atoms with Gasteiger partial charge in [0.15, 0.2) is 0 Å². The molecule has 0 bridgehead atoms. The Balaban J connectivity index is 1.81. The van der Waals surface area contributed by atoms with Crippen LogP contribution in [0.25, 0.3) is 10.6 Å². The first-order valence-corrected chi connectivity index (χ1v) is 7.95. The van der Waals surface area contributed by atoms with Crippen molar-refractivity contribution in [1.29, 1.82) is 0 Å². The summed E-state index contributed by atoms with van der Waals surface area (Å²) in [6.45, 7) is 6.28. The van der Waals surface area contributed by atoms with Gasteiger partial charge in [-0.25, -0.2) is 4.98 Å². The molecule has 0 saturated carbocycles. The Morgan fingerprint density at radius 2 is 2.25 bits per heavy atom. The van der Waals surface area contributed by atoms with Gasteiger partial charge in [-0.3, -0.25) is 0 Å². The highest BCUT2D eigenvalue weighted by atomic mass is 32.1. The lowest BCUT2D eigenvalue weighted by atomic mass is 10.0. The van der Waals surface area contributed by atoms with Crippen LogP contribution in [0.3, 0.4) is 0 Å². The van der Waals surface area contributed by atoms with Gasteiger partial charge in [-0.15, -0.1) is 11.3 Å². The summed E-state index contributed by atoms with van der Waals surface area (Å²) < 4.78 is 6.16. The second kappa shape index (κ2) is 4.30. The average Bonchev–Trinajstić information content (AvgIpc) is 2.96. The van der Waals surface area contributed by atoms with E-state index in [-0.39, 0.29) is 5.60 Å². The molecule has 4 heteroatoms. The van der Waals surface area contributed by atoms with Crippen LogP contribution in [0.2, 0.25) is 0 Å². The molecular formula is C16H18N2OS. The minimum Gasteiger partial charge on any atom is -0.486 e. The Labute approximate surface area is 123 Å². The Hall–Kier alpha value is -1.39. The van der Waals surface area contributed by atoms with E-state index in [0.717, 1.165) is 42.3 Å². The molecule has 104 valence electrons. The number of para-hydroxylation sites is 1. The number of fused-ring (bicyclic) bond motifs is 2. The maximum absolute atomic E-state index is 6.16. The van der Waals surface area contributed by atoms with Gasteiger partial charge in [0, 0.05) is 30.8 Å². The van der Waals surface area contributed by atoms with Gasteiger partial charge >= 0.3 is 0 Å². The van der Waals surface area contributed by atoms with Crippen LogP contribution in [-0.4, -0.2) is 17.1 Å². The minimum absolute atomic E-state index is 0.100. The molecule has 2 aliphatic heterocycles. The van der Waals surface area contributed by atoms with Crippen LogP contribution in [-0.2, 0) is 19.4 Å². The number of hydrogen-bond acceptors (Lipinski definition) is 4. The van der Waals surface area contributed by atoms with Crippen LogP contribution in [0.4, 0.5) is 0 Å². The van der Waals surface area contributed by atoms with Crippen LogP contribution in [0.5, 0.6) is 5.75 Å². The van der Waals surface area contributed by atoms with E-state index < -0.39 is 0 Å². The van der Waals surface area contributed by atoms with Crippen LogP contribution in [0, 0.1) is 0 Å². The number of ether oxygens (including phenoxy) is 1. The number of nitrogens with zero attached hydrogens (tertiary/aromatic N) is 1. The van der Waals surface area contributed by atoms with Gasteiger partial charge in [0.25, 0.3) is 0 Å². The molecule has 3 nitrogen and oxygen atoms in total. The van der Waals surface area contributed by atoms with Crippen LogP contribution < -0.4 is 10.1 Å². The summed E-state index contributed by atoms with van der Waals surface area (Å²) in [7, 11) is 0. The van der Waals surface area contributed by atoms with Gasteiger partial charge in [0.2, 0.25) is 0 Å². The summed E-state index contributed by atoms with van der Waals surface area (Å²) in [4.78, 5) is 6.22. The molecule has 2 aliphatic rings. The smallest absolute Gasteiger partial charge is 0.133 e. The van der Waals surface area contributed by atoms with E-state index in [1.807, 2.05) is 0 Å². The molecule has 0 spiro atoms. The summed E-state index contributed by atoms with van der Waals surface area (Å²) in [6.07, 6.45) is 2.01. The molecular weight excluding hydrogens is 268 g/mol. The summed E-state index contributed by atoms with van der Waals surface area (Å²) in [5, 5.41) is 4.52. The van der Waals surface area contributed by atoms with E-state index >= 15 is 0 Å². The van der Waals surface area contributed by atoms with Crippen LogP contribution >= 0.6 is 11.3 Å². The molecule has 0 fully saturated rings. The predicted octanol–water partition coefficient (Wildman–Crippen LogP) is 3.17. The van der Waals surface area contributed by atoms with Crippen molar-refractivity contribution in [1.82, 2.24) is 10.3 Å². The number of hydrogen-bond donors (Lipinski definition) is 1. The van der Waals surface area contributed by atoms with Crippen LogP contribution in [0.15, 0.2) is 18.2 Å². The Kier molecular flexibility index (Phi) is 2.66. The van der Waals surface area contributed by atoms with Gasteiger partial charge < -0.3 is 10.1 Å². The zero-order valence-corrected chi connectivity index (χ0v) is 12.6. The SMILES string of the molecule is CC1(C)Cc2cccc(-c3nc4c(s3)CNCC4)c2O1. The van der Waals surface area contributed by atoms with Crippen LogP contribution in [0.1, 0.15) is 30.0 Å². The van der Waals surface area contributed by atoms with E-state index in [2.05, 4.69) is 37.4 Å². The largest absolute Gasteiger partial charge is 0.486 e. The maximum atomic E-state index is 6.16. The molecule has 0 aliphatic carbocycles. The molecule has 20 heavy (non-hydrogen) atoms. The number of thiazole rings is 1. The van der Waals surface area contributed by atoms with Crippen molar-refractivity contribution >= 4 is 11.3 Å². The number of rotatable bonds is 1. The van der Waals surface area contributed by atoms with Crippen molar-refractivity contribution in [2.24, 2.45) is 0 Å². The second-order valence-corrected chi connectivity index (χ2v) is 7.23. The van der Waals surface area contributed by atoms with Gasteiger partial charge in [0.05, 0.1) is 11.3 Å². The minimum atomic E-state index is -0.100. The summed E-state index contributed by atoms with van der Waals surface area (Å²) in [6, 6.07) is 6.43. The zero-order chi connectivity index (χ0) is 13.7. The van der Waals surface area contributed by atoms with Gasteiger partial charge in [-0.2, -0.15) is 0 Å². The number of benzene rings is 1. The lowest BCUT2D eigenvalue weighted by Gasteiger charge is -2.17. The molecule has 2 aromatic rings. The van der Waals surface area contributed by atoms with E-state index in [1.165, 1.54) is 16.1 Å².